The van der Waals surface area contributed by atoms with Gasteiger partial charge >= 0.3 is 0 Å². The van der Waals surface area contributed by atoms with Gasteiger partial charge in [-0.3, -0.25) is 9.59 Å². The smallest absolute Gasteiger partial charge is 0.254 e. The normalized spacial score (nSPS) is 21.9. The van der Waals surface area contributed by atoms with Gasteiger partial charge < -0.3 is 14.2 Å². The standard InChI is InChI=1S/C22H23FN2O3/c1-15-13-19(15)20-7-5-18(28-20)6-8-21(26)24-9-11-25(12-10-24)22(27)16-3-2-4-17(23)14-16/h2-8,14-15,19H,9-13H2,1H3/b8-6+. The number of nitrogens with zero attached hydrogens (tertiary/aromatic N) is 2. The molecule has 1 aliphatic heterocycles. The third-order valence-corrected chi connectivity index (χ3v) is 5.46. The van der Waals surface area contributed by atoms with E-state index >= 15 is 0 Å². The maximum atomic E-state index is 13.3. The van der Waals surface area contributed by atoms with Gasteiger partial charge in [0, 0.05) is 43.7 Å². The molecule has 0 bridgehead atoms. The number of halogens is 1. The van der Waals surface area contributed by atoms with Crippen molar-refractivity contribution in [3.63, 3.8) is 0 Å². The maximum absolute atomic E-state index is 13.3. The third kappa shape index (κ3) is 4.01. The molecule has 2 amide bonds. The van der Waals surface area contributed by atoms with Crippen LogP contribution in [0.1, 0.15) is 41.1 Å². The first-order valence-electron chi connectivity index (χ1n) is 9.63. The highest BCUT2D eigenvalue weighted by Gasteiger charge is 2.36. The highest BCUT2D eigenvalue weighted by Crippen LogP contribution is 2.47. The Kier molecular flexibility index (Phi) is 5.03. The quantitative estimate of drug-likeness (QED) is 0.760. The van der Waals surface area contributed by atoms with Crippen LogP contribution in [-0.2, 0) is 4.79 Å². The monoisotopic (exact) mass is 382 g/mol. The van der Waals surface area contributed by atoms with Crippen LogP contribution in [0.3, 0.4) is 0 Å². The molecular weight excluding hydrogens is 359 g/mol. The number of carbonyl (C=O) groups is 2. The van der Waals surface area contributed by atoms with Crippen LogP contribution in [-0.4, -0.2) is 47.8 Å². The zero-order valence-electron chi connectivity index (χ0n) is 15.8. The lowest BCUT2D eigenvalue weighted by Gasteiger charge is -2.34. The van der Waals surface area contributed by atoms with Crippen molar-refractivity contribution in [2.75, 3.05) is 26.2 Å². The molecule has 0 N–H and O–H groups in total. The molecule has 2 aromatic rings. The summed E-state index contributed by atoms with van der Waals surface area (Å²) in [5.41, 5.74) is 0.332. The summed E-state index contributed by atoms with van der Waals surface area (Å²) in [5.74, 6) is 2.13. The van der Waals surface area contributed by atoms with Crippen LogP contribution < -0.4 is 0 Å². The van der Waals surface area contributed by atoms with Crippen molar-refractivity contribution in [1.29, 1.82) is 0 Å². The van der Waals surface area contributed by atoms with Gasteiger partial charge in [-0.2, -0.15) is 0 Å². The number of furan rings is 1. The number of piperazine rings is 1. The second-order valence-corrected chi connectivity index (χ2v) is 7.52. The molecule has 6 heteroatoms. The molecule has 1 aliphatic carbocycles. The van der Waals surface area contributed by atoms with Crippen molar-refractivity contribution in [2.45, 2.75) is 19.3 Å². The zero-order chi connectivity index (χ0) is 19.7. The Labute approximate surface area is 163 Å². The minimum atomic E-state index is -0.429. The third-order valence-electron chi connectivity index (χ3n) is 5.46. The lowest BCUT2D eigenvalue weighted by atomic mass is 10.1. The van der Waals surface area contributed by atoms with Crippen LogP contribution in [0.25, 0.3) is 6.08 Å². The number of amides is 2. The lowest BCUT2D eigenvalue weighted by molar-refractivity contribution is -0.127. The van der Waals surface area contributed by atoms with Crippen molar-refractivity contribution in [2.24, 2.45) is 5.92 Å². The Bertz CT molecular complexity index is 912. The van der Waals surface area contributed by atoms with Crippen LogP contribution >= 0.6 is 0 Å². The summed E-state index contributed by atoms with van der Waals surface area (Å²) in [7, 11) is 0. The zero-order valence-corrected chi connectivity index (χ0v) is 15.8. The Morgan fingerprint density at radius 1 is 1.11 bits per heavy atom. The predicted octanol–water partition coefficient (Wildman–Crippen LogP) is 3.54. The van der Waals surface area contributed by atoms with Crippen LogP contribution in [0.15, 0.2) is 46.9 Å². The van der Waals surface area contributed by atoms with Gasteiger partial charge in [0.05, 0.1) is 0 Å². The van der Waals surface area contributed by atoms with Crippen LogP contribution in [0.5, 0.6) is 0 Å². The van der Waals surface area contributed by atoms with E-state index in [1.807, 2.05) is 12.1 Å². The SMILES string of the molecule is CC1CC1c1ccc(/C=C/C(=O)N2CCN(C(=O)c3cccc(F)c3)CC2)o1. The highest BCUT2D eigenvalue weighted by molar-refractivity contribution is 5.95. The van der Waals surface area contributed by atoms with Gasteiger partial charge in [0.1, 0.15) is 17.3 Å². The van der Waals surface area contributed by atoms with Gasteiger partial charge in [0.25, 0.3) is 5.91 Å². The molecule has 2 atom stereocenters. The summed E-state index contributed by atoms with van der Waals surface area (Å²) >= 11 is 0. The summed E-state index contributed by atoms with van der Waals surface area (Å²) in [6.07, 6.45) is 4.38. The Morgan fingerprint density at radius 2 is 1.82 bits per heavy atom. The molecule has 28 heavy (non-hydrogen) atoms. The molecule has 2 fully saturated rings. The van der Waals surface area contributed by atoms with Crippen molar-refractivity contribution >= 4 is 17.9 Å². The fourth-order valence-corrected chi connectivity index (χ4v) is 3.57. The molecule has 1 aromatic carbocycles. The first-order chi connectivity index (χ1) is 13.5. The van der Waals surface area contributed by atoms with Gasteiger partial charge in [-0.15, -0.1) is 0 Å². The predicted molar refractivity (Wildman–Crippen MR) is 103 cm³/mol. The van der Waals surface area contributed by atoms with Gasteiger partial charge in [-0.25, -0.2) is 4.39 Å². The van der Waals surface area contributed by atoms with Crippen molar-refractivity contribution in [3.8, 4) is 0 Å². The van der Waals surface area contributed by atoms with E-state index in [0.717, 1.165) is 12.2 Å². The van der Waals surface area contributed by atoms with E-state index < -0.39 is 5.82 Å². The summed E-state index contributed by atoms with van der Waals surface area (Å²) in [4.78, 5) is 28.2. The van der Waals surface area contributed by atoms with E-state index in [1.54, 1.807) is 21.9 Å². The van der Waals surface area contributed by atoms with Crippen LogP contribution in [0.2, 0.25) is 0 Å². The van der Waals surface area contributed by atoms with Crippen LogP contribution in [0, 0.1) is 11.7 Å². The topological polar surface area (TPSA) is 53.8 Å². The molecule has 2 unspecified atom stereocenters. The van der Waals surface area contributed by atoms with Crippen molar-refractivity contribution < 1.29 is 18.4 Å². The van der Waals surface area contributed by atoms with Gasteiger partial charge in [-0.05, 0) is 48.7 Å². The second kappa shape index (κ2) is 7.62. The Morgan fingerprint density at radius 3 is 2.50 bits per heavy atom. The summed E-state index contributed by atoms with van der Waals surface area (Å²) in [5, 5.41) is 0. The first-order valence-corrected chi connectivity index (χ1v) is 9.63. The van der Waals surface area contributed by atoms with Crippen molar-refractivity contribution in [1.82, 2.24) is 9.80 Å². The Hall–Kier alpha value is -2.89. The molecule has 1 saturated carbocycles. The molecule has 5 nitrogen and oxygen atoms in total. The highest BCUT2D eigenvalue weighted by atomic mass is 19.1. The average Bonchev–Trinajstić information content (AvgIpc) is 3.25. The molecule has 2 heterocycles. The van der Waals surface area contributed by atoms with E-state index in [-0.39, 0.29) is 11.8 Å². The van der Waals surface area contributed by atoms with E-state index in [1.165, 1.54) is 24.3 Å². The van der Waals surface area contributed by atoms with E-state index in [2.05, 4.69) is 6.92 Å². The number of hydrogen-bond donors (Lipinski definition) is 0. The molecule has 0 radical (unpaired) electrons. The van der Waals surface area contributed by atoms with E-state index in [0.29, 0.717) is 49.3 Å². The van der Waals surface area contributed by atoms with Gasteiger partial charge in [-0.1, -0.05) is 13.0 Å². The Balaban J connectivity index is 1.30. The second-order valence-electron chi connectivity index (χ2n) is 7.52. The summed E-state index contributed by atoms with van der Waals surface area (Å²) in [6.45, 7) is 3.96. The van der Waals surface area contributed by atoms with E-state index in [9.17, 15) is 14.0 Å². The fourth-order valence-electron chi connectivity index (χ4n) is 3.57. The van der Waals surface area contributed by atoms with Crippen LogP contribution in [0.4, 0.5) is 4.39 Å². The minimum Gasteiger partial charge on any atom is -0.461 e. The summed E-state index contributed by atoms with van der Waals surface area (Å²) in [6, 6.07) is 9.55. The minimum absolute atomic E-state index is 0.101. The maximum Gasteiger partial charge on any atom is 0.254 e. The van der Waals surface area contributed by atoms with Gasteiger partial charge in [0.2, 0.25) is 5.91 Å². The summed E-state index contributed by atoms with van der Waals surface area (Å²) < 4.78 is 19.1. The molecule has 4 rings (SSSR count). The number of rotatable bonds is 4. The molecular formula is C22H23FN2O3. The van der Waals surface area contributed by atoms with Crippen molar-refractivity contribution in [3.05, 3.63) is 65.4 Å². The molecule has 2 aliphatic rings. The molecule has 1 saturated heterocycles. The number of carbonyl (C=O) groups excluding carboxylic acids is 2. The van der Waals surface area contributed by atoms with Gasteiger partial charge in [0.15, 0.2) is 0 Å². The number of hydrogen-bond acceptors (Lipinski definition) is 3. The first kappa shape index (κ1) is 18.5. The molecule has 146 valence electrons. The average molecular weight is 382 g/mol. The largest absolute Gasteiger partial charge is 0.461 e. The molecule has 0 spiro atoms. The number of benzene rings is 1. The lowest BCUT2D eigenvalue weighted by Crippen LogP contribution is -2.50. The molecule has 1 aromatic heterocycles. The fraction of sp³-hybridized carbons (Fsp3) is 0.364. The van der Waals surface area contributed by atoms with E-state index in [4.69, 9.17) is 4.42 Å².